The number of methoxy groups -OCH3 is 1. The second-order valence-electron chi connectivity index (χ2n) is 8.08. The second-order valence-corrected chi connectivity index (χ2v) is 9.99. The standard InChI is InChI=1S/C25H35N3O5S/c1-5-17-26-25(30)20(2)27(19-21-12-7-6-8-13-21)24(29)16-11-18-28(34(4,31)32)22-14-9-10-15-23(22)33-3/h6-10,12-15,20H,5,11,16-19H2,1-4H3,(H,26,30)/t20-/m0/s1. The van der Waals surface area contributed by atoms with E-state index < -0.39 is 16.1 Å². The minimum absolute atomic E-state index is 0.0966. The summed E-state index contributed by atoms with van der Waals surface area (Å²) in [6.07, 6.45) is 2.32. The fraction of sp³-hybridized carbons (Fsp3) is 0.440. The molecule has 0 aliphatic carbocycles. The van der Waals surface area contributed by atoms with Crippen LogP contribution in [0.15, 0.2) is 54.6 Å². The van der Waals surface area contributed by atoms with Gasteiger partial charge in [-0.25, -0.2) is 8.42 Å². The number of nitrogens with zero attached hydrogens (tertiary/aromatic N) is 2. The fourth-order valence-electron chi connectivity index (χ4n) is 3.58. The average molecular weight is 490 g/mol. The molecule has 1 N–H and O–H groups in total. The molecule has 0 aromatic heterocycles. The highest BCUT2D eigenvalue weighted by Crippen LogP contribution is 2.29. The summed E-state index contributed by atoms with van der Waals surface area (Å²) >= 11 is 0. The maximum Gasteiger partial charge on any atom is 0.242 e. The van der Waals surface area contributed by atoms with E-state index >= 15 is 0 Å². The van der Waals surface area contributed by atoms with Gasteiger partial charge in [0.05, 0.1) is 19.1 Å². The molecule has 0 bridgehead atoms. The summed E-state index contributed by atoms with van der Waals surface area (Å²) in [6, 6.07) is 15.7. The Hall–Kier alpha value is -3.07. The Bertz CT molecular complexity index is 1040. The molecule has 0 unspecified atom stereocenters. The van der Waals surface area contributed by atoms with E-state index in [1.54, 1.807) is 36.1 Å². The Balaban J connectivity index is 2.15. The van der Waals surface area contributed by atoms with Crippen LogP contribution in [0.3, 0.4) is 0 Å². The van der Waals surface area contributed by atoms with E-state index in [2.05, 4.69) is 5.32 Å². The van der Waals surface area contributed by atoms with Crippen LogP contribution in [0.5, 0.6) is 5.75 Å². The van der Waals surface area contributed by atoms with Gasteiger partial charge in [-0.2, -0.15) is 0 Å². The maximum absolute atomic E-state index is 13.2. The van der Waals surface area contributed by atoms with Gasteiger partial charge in [0, 0.05) is 26.1 Å². The lowest BCUT2D eigenvalue weighted by molar-refractivity contribution is -0.140. The van der Waals surface area contributed by atoms with Crippen molar-refractivity contribution in [2.75, 3.05) is 30.8 Å². The molecule has 0 heterocycles. The first kappa shape index (κ1) is 27.2. The summed E-state index contributed by atoms with van der Waals surface area (Å²) in [5.74, 6) is 0.0144. The van der Waals surface area contributed by atoms with Gasteiger partial charge in [0.1, 0.15) is 11.8 Å². The van der Waals surface area contributed by atoms with Gasteiger partial charge in [0.2, 0.25) is 21.8 Å². The summed E-state index contributed by atoms with van der Waals surface area (Å²) in [6.45, 7) is 4.62. The van der Waals surface area contributed by atoms with Crippen molar-refractivity contribution in [3.05, 3.63) is 60.2 Å². The number of para-hydroxylation sites is 2. The zero-order valence-electron chi connectivity index (χ0n) is 20.4. The van der Waals surface area contributed by atoms with Crippen LogP contribution >= 0.6 is 0 Å². The fourth-order valence-corrected chi connectivity index (χ4v) is 4.55. The molecule has 0 saturated carbocycles. The van der Waals surface area contributed by atoms with Gasteiger partial charge in [-0.05, 0) is 37.5 Å². The van der Waals surface area contributed by atoms with Crippen molar-refractivity contribution in [3.63, 3.8) is 0 Å². The summed E-state index contributed by atoms with van der Waals surface area (Å²) in [5, 5.41) is 2.85. The maximum atomic E-state index is 13.2. The van der Waals surface area contributed by atoms with E-state index in [1.807, 2.05) is 37.3 Å². The smallest absolute Gasteiger partial charge is 0.242 e. The number of carbonyl (C=O) groups is 2. The molecule has 0 saturated heterocycles. The molecule has 2 aromatic carbocycles. The lowest BCUT2D eigenvalue weighted by Crippen LogP contribution is -2.47. The van der Waals surface area contributed by atoms with Crippen molar-refractivity contribution in [3.8, 4) is 5.75 Å². The first-order chi connectivity index (χ1) is 16.2. The van der Waals surface area contributed by atoms with Gasteiger partial charge >= 0.3 is 0 Å². The minimum atomic E-state index is -3.59. The molecule has 0 radical (unpaired) electrons. The quantitative estimate of drug-likeness (QED) is 0.466. The number of benzene rings is 2. The van der Waals surface area contributed by atoms with Gasteiger partial charge in [0.15, 0.2) is 0 Å². The van der Waals surface area contributed by atoms with Crippen LogP contribution in [-0.2, 0) is 26.2 Å². The van der Waals surface area contributed by atoms with Crippen molar-refractivity contribution in [2.45, 2.75) is 45.7 Å². The number of hydrogen-bond acceptors (Lipinski definition) is 5. The summed E-state index contributed by atoms with van der Waals surface area (Å²) in [4.78, 5) is 27.4. The van der Waals surface area contributed by atoms with Crippen molar-refractivity contribution in [1.82, 2.24) is 10.2 Å². The molecule has 0 aliphatic heterocycles. The molecular formula is C25H35N3O5S. The van der Waals surface area contributed by atoms with E-state index in [9.17, 15) is 18.0 Å². The predicted molar refractivity (Wildman–Crippen MR) is 134 cm³/mol. The molecule has 0 fully saturated rings. The first-order valence-electron chi connectivity index (χ1n) is 11.4. The molecule has 0 spiro atoms. The summed E-state index contributed by atoms with van der Waals surface area (Å²) < 4.78 is 31.5. The van der Waals surface area contributed by atoms with E-state index in [1.165, 1.54) is 11.4 Å². The minimum Gasteiger partial charge on any atom is -0.495 e. The van der Waals surface area contributed by atoms with Crippen molar-refractivity contribution >= 4 is 27.5 Å². The lowest BCUT2D eigenvalue weighted by atomic mass is 10.1. The van der Waals surface area contributed by atoms with Crippen LogP contribution in [0.2, 0.25) is 0 Å². The number of hydrogen-bond donors (Lipinski definition) is 1. The number of sulfonamides is 1. The number of nitrogens with one attached hydrogen (secondary N) is 1. The molecule has 34 heavy (non-hydrogen) atoms. The molecule has 0 aliphatic rings. The van der Waals surface area contributed by atoms with E-state index in [0.717, 1.165) is 18.2 Å². The topological polar surface area (TPSA) is 96.0 Å². The van der Waals surface area contributed by atoms with Gasteiger partial charge in [-0.3, -0.25) is 13.9 Å². The number of amides is 2. The van der Waals surface area contributed by atoms with Crippen LogP contribution < -0.4 is 14.4 Å². The van der Waals surface area contributed by atoms with E-state index in [-0.39, 0.29) is 24.8 Å². The molecule has 2 aromatic rings. The van der Waals surface area contributed by atoms with Crippen LogP contribution in [0.1, 0.15) is 38.7 Å². The van der Waals surface area contributed by atoms with Crippen LogP contribution in [0.25, 0.3) is 0 Å². The number of ether oxygens (including phenoxy) is 1. The highest BCUT2D eigenvalue weighted by Gasteiger charge is 2.27. The summed E-state index contributed by atoms with van der Waals surface area (Å²) in [7, 11) is -2.11. The normalized spacial score (nSPS) is 12.0. The molecular weight excluding hydrogens is 454 g/mol. The molecule has 2 rings (SSSR count). The lowest BCUT2D eigenvalue weighted by Gasteiger charge is -2.29. The van der Waals surface area contributed by atoms with Crippen molar-refractivity contribution in [1.29, 1.82) is 0 Å². The van der Waals surface area contributed by atoms with E-state index in [0.29, 0.717) is 30.9 Å². The zero-order valence-corrected chi connectivity index (χ0v) is 21.2. The Labute approximate surface area is 202 Å². The van der Waals surface area contributed by atoms with Crippen molar-refractivity contribution < 1.29 is 22.7 Å². The Morgan fingerprint density at radius 2 is 1.71 bits per heavy atom. The zero-order chi connectivity index (χ0) is 25.1. The van der Waals surface area contributed by atoms with E-state index in [4.69, 9.17) is 4.74 Å². The molecule has 186 valence electrons. The third kappa shape index (κ3) is 7.76. The highest BCUT2D eigenvalue weighted by molar-refractivity contribution is 7.92. The molecule has 2 amide bonds. The first-order valence-corrected chi connectivity index (χ1v) is 13.3. The van der Waals surface area contributed by atoms with Gasteiger partial charge in [-0.1, -0.05) is 49.4 Å². The average Bonchev–Trinajstić information content (AvgIpc) is 2.83. The molecule has 8 nitrogen and oxygen atoms in total. The molecule has 1 atom stereocenters. The molecule has 9 heteroatoms. The highest BCUT2D eigenvalue weighted by atomic mass is 32.2. The predicted octanol–water partition coefficient (Wildman–Crippen LogP) is 3.18. The monoisotopic (exact) mass is 489 g/mol. The largest absolute Gasteiger partial charge is 0.495 e. The van der Waals surface area contributed by atoms with Crippen LogP contribution in [0, 0.1) is 0 Å². The Morgan fingerprint density at radius 3 is 2.32 bits per heavy atom. The third-order valence-electron chi connectivity index (χ3n) is 5.42. The van der Waals surface area contributed by atoms with Crippen LogP contribution in [0.4, 0.5) is 5.69 Å². The van der Waals surface area contributed by atoms with Gasteiger partial charge in [-0.15, -0.1) is 0 Å². The SMILES string of the molecule is CCCNC(=O)[C@H](C)N(Cc1ccccc1)C(=O)CCCN(c1ccccc1OC)S(C)(=O)=O. The van der Waals surface area contributed by atoms with Gasteiger partial charge in [0.25, 0.3) is 0 Å². The Kier molecular flexibility index (Phi) is 10.4. The Morgan fingerprint density at radius 1 is 1.06 bits per heavy atom. The summed E-state index contributed by atoms with van der Waals surface area (Å²) in [5.41, 5.74) is 1.34. The third-order valence-corrected chi connectivity index (χ3v) is 6.60. The number of anilines is 1. The number of carbonyl (C=O) groups excluding carboxylic acids is 2. The number of rotatable bonds is 13. The van der Waals surface area contributed by atoms with Crippen molar-refractivity contribution in [2.24, 2.45) is 0 Å². The van der Waals surface area contributed by atoms with Crippen LogP contribution in [-0.4, -0.2) is 57.6 Å². The van der Waals surface area contributed by atoms with Gasteiger partial charge < -0.3 is 15.0 Å². The second kappa shape index (κ2) is 13.0.